The molecule has 0 saturated carbocycles. The van der Waals surface area contributed by atoms with Crippen molar-refractivity contribution in [2.24, 2.45) is 0 Å². The van der Waals surface area contributed by atoms with E-state index in [1.807, 2.05) is 44.2 Å². The number of carbonyl (C=O) groups is 3. The van der Waals surface area contributed by atoms with Crippen molar-refractivity contribution < 1.29 is 14.4 Å². The molecule has 3 aromatic rings. The van der Waals surface area contributed by atoms with E-state index in [1.54, 1.807) is 16.2 Å². The lowest BCUT2D eigenvalue weighted by Crippen LogP contribution is -2.49. The monoisotopic (exact) mass is 501 g/mol. The maximum Gasteiger partial charge on any atom is 0.251 e. The minimum absolute atomic E-state index is 0.109. The van der Waals surface area contributed by atoms with E-state index in [2.05, 4.69) is 41.1 Å². The summed E-state index contributed by atoms with van der Waals surface area (Å²) in [6.07, 6.45) is 1.40. The summed E-state index contributed by atoms with van der Waals surface area (Å²) in [5.41, 5.74) is 6.47. The Kier molecular flexibility index (Phi) is 6.67. The Morgan fingerprint density at radius 3 is 2.64 bits per heavy atom. The second-order valence-electron chi connectivity index (χ2n) is 9.80. The van der Waals surface area contributed by atoms with Gasteiger partial charge in [-0.2, -0.15) is 0 Å². The largest absolute Gasteiger partial charge is 0.347 e. The van der Waals surface area contributed by atoms with E-state index in [4.69, 9.17) is 0 Å². The molecule has 2 unspecified atom stereocenters. The first-order chi connectivity index (χ1) is 17.3. The number of hydrogen-bond acceptors (Lipinski definition) is 4. The van der Waals surface area contributed by atoms with Gasteiger partial charge >= 0.3 is 0 Å². The first kappa shape index (κ1) is 24.3. The third kappa shape index (κ3) is 4.55. The number of amides is 3. The van der Waals surface area contributed by atoms with Crippen LogP contribution in [0.3, 0.4) is 0 Å². The summed E-state index contributed by atoms with van der Waals surface area (Å²) in [6.45, 7) is 6.53. The summed E-state index contributed by atoms with van der Waals surface area (Å²) in [6, 6.07) is 15.5. The molecule has 7 heteroatoms. The topological polar surface area (TPSA) is 78.5 Å². The molecule has 186 valence electrons. The van der Waals surface area contributed by atoms with E-state index in [1.165, 1.54) is 16.7 Å². The number of benzene rings is 2. The predicted molar refractivity (Wildman–Crippen MR) is 142 cm³/mol. The van der Waals surface area contributed by atoms with Gasteiger partial charge in [-0.15, -0.1) is 11.3 Å². The van der Waals surface area contributed by atoms with E-state index in [0.29, 0.717) is 18.5 Å². The van der Waals surface area contributed by atoms with Gasteiger partial charge in [0.1, 0.15) is 6.04 Å². The predicted octanol–water partition coefficient (Wildman–Crippen LogP) is 4.79. The van der Waals surface area contributed by atoms with Crippen molar-refractivity contribution in [1.82, 2.24) is 15.5 Å². The summed E-state index contributed by atoms with van der Waals surface area (Å²) < 4.78 is 0. The van der Waals surface area contributed by atoms with Crippen molar-refractivity contribution in [2.75, 3.05) is 13.1 Å². The van der Waals surface area contributed by atoms with Crippen LogP contribution in [0.2, 0.25) is 0 Å². The molecule has 5 rings (SSSR count). The molecule has 0 spiro atoms. The summed E-state index contributed by atoms with van der Waals surface area (Å²) in [7, 11) is 0. The smallest absolute Gasteiger partial charge is 0.251 e. The molecular formula is C29H31N3O3S. The average molecular weight is 502 g/mol. The van der Waals surface area contributed by atoms with Crippen LogP contribution in [0.5, 0.6) is 0 Å². The molecule has 2 aromatic carbocycles. The molecule has 36 heavy (non-hydrogen) atoms. The Labute approximate surface area is 215 Å². The van der Waals surface area contributed by atoms with Crippen LogP contribution in [0.25, 0.3) is 11.1 Å². The highest BCUT2D eigenvalue weighted by atomic mass is 32.1. The highest BCUT2D eigenvalue weighted by Crippen LogP contribution is 2.44. The quantitative estimate of drug-likeness (QED) is 0.510. The van der Waals surface area contributed by atoms with Gasteiger partial charge in [-0.05, 0) is 78.1 Å². The Morgan fingerprint density at radius 1 is 1.08 bits per heavy atom. The standard InChI is InChI=1S/C29H31N3O3S/c1-17-13-26(36-16-17)19(3)31-29(35)25-9-6-12-32(25)27(33)15-30-28(34)20-10-11-23-22-8-5-4-7-21(22)18(2)24(23)14-20/h4-5,7-8,10-11,13-14,16,18-19,25H,6,9,12,15H2,1-3H3,(H,30,34)(H,31,35)/t18?,19-,25?/m1/s1. The van der Waals surface area contributed by atoms with Crippen LogP contribution >= 0.6 is 11.3 Å². The van der Waals surface area contributed by atoms with E-state index in [-0.39, 0.29) is 36.2 Å². The fourth-order valence-electron chi connectivity index (χ4n) is 5.35. The minimum Gasteiger partial charge on any atom is -0.347 e. The zero-order valence-electron chi connectivity index (χ0n) is 20.8. The maximum atomic E-state index is 13.0. The molecule has 2 N–H and O–H groups in total. The van der Waals surface area contributed by atoms with Crippen LogP contribution in [0.15, 0.2) is 53.9 Å². The SMILES string of the molecule is Cc1csc([C@@H](C)NC(=O)C2CCCN2C(=O)CNC(=O)c2ccc3c(c2)C(C)c2ccccc2-3)c1. The fourth-order valence-corrected chi connectivity index (χ4v) is 6.26. The Balaban J connectivity index is 1.20. The molecule has 0 bridgehead atoms. The highest BCUT2D eigenvalue weighted by Gasteiger charge is 2.35. The van der Waals surface area contributed by atoms with Crippen LogP contribution < -0.4 is 10.6 Å². The molecule has 1 aliphatic carbocycles. The third-order valence-corrected chi connectivity index (χ3v) is 8.54. The molecule has 2 aliphatic rings. The molecule has 3 amide bonds. The molecule has 3 atom stereocenters. The van der Waals surface area contributed by atoms with Crippen LogP contribution in [-0.2, 0) is 9.59 Å². The number of fused-ring (bicyclic) bond motifs is 3. The van der Waals surface area contributed by atoms with E-state index in [0.717, 1.165) is 22.4 Å². The van der Waals surface area contributed by atoms with Crippen LogP contribution in [0.1, 0.15) is 70.6 Å². The van der Waals surface area contributed by atoms with Crippen molar-refractivity contribution in [3.05, 3.63) is 81.0 Å². The molecule has 1 aromatic heterocycles. The molecule has 2 heterocycles. The van der Waals surface area contributed by atoms with Crippen LogP contribution in [0, 0.1) is 6.92 Å². The van der Waals surface area contributed by atoms with Crippen molar-refractivity contribution in [1.29, 1.82) is 0 Å². The average Bonchev–Trinajstić information content (AvgIpc) is 3.61. The number of nitrogens with zero attached hydrogens (tertiary/aromatic N) is 1. The zero-order chi connectivity index (χ0) is 25.4. The highest BCUT2D eigenvalue weighted by molar-refractivity contribution is 7.10. The normalized spacial score (nSPS) is 18.9. The molecular weight excluding hydrogens is 470 g/mol. The Bertz CT molecular complexity index is 1330. The Hall–Kier alpha value is -3.45. The first-order valence-electron chi connectivity index (χ1n) is 12.5. The fraction of sp³-hybridized carbons (Fsp3) is 0.345. The number of thiophene rings is 1. The number of carbonyl (C=O) groups excluding carboxylic acids is 3. The van der Waals surface area contributed by atoms with Crippen molar-refractivity contribution in [3.63, 3.8) is 0 Å². The second-order valence-corrected chi connectivity index (χ2v) is 10.7. The van der Waals surface area contributed by atoms with Gasteiger partial charge in [0.05, 0.1) is 12.6 Å². The van der Waals surface area contributed by atoms with Gasteiger partial charge in [0.2, 0.25) is 11.8 Å². The number of likely N-dealkylation sites (tertiary alicyclic amines) is 1. The number of aryl methyl sites for hydroxylation is 1. The number of nitrogens with one attached hydrogen (secondary N) is 2. The van der Waals surface area contributed by atoms with E-state index in [9.17, 15) is 14.4 Å². The first-order valence-corrected chi connectivity index (χ1v) is 13.4. The lowest BCUT2D eigenvalue weighted by Gasteiger charge is -2.25. The van der Waals surface area contributed by atoms with Crippen LogP contribution in [0.4, 0.5) is 0 Å². The Morgan fingerprint density at radius 2 is 1.86 bits per heavy atom. The molecule has 1 fully saturated rings. The minimum atomic E-state index is -0.503. The lowest BCUT2D eigenvalue weighted by molar-refractivity contribution is -0.137. The maximum absolute atomic E-state index is 13.0. The molecule has 0 radical (unpaired) electrons. The summed E-state index contributed by atoms with van der Waals surface area (Å²) in [5.74, 6) is -0.438. The summed E-state index contributed by atoms with van der Waals surface area (Å²) in [5, 5.41) is 7.89. The summed E-state index contributed by atoms with van der Waals surface area (Å²) in [4.78, 5) is 41.5. The molecule has 6 nitrogen and oxygen atoms in total. The van der Waals surface area contributed by atoms with Gasteiger partial charge in [-0.1, -0.05) is 37.3 Å². The van der Waals surface area contributed by atoms with Gasteiger partial charge in [0.25, 0.3) is 5.91 Å². The summed E-state index contributed by atoms with van der Waals surface area (Å²) >= 11 is 1.62. The molecule has 1 saturated heterocycles. The van der Waals surface area contributed by atoms with Crippen LogP contribution in [-0.4, -0.2) is 41.8 Å². The second kappa shape index (κ2) is 9.90. The van der Waals surface area contributed by atoms with Crippen molar-refractivity contribution in [3.8, 4) is 11.1 Å². The van der Waals surface area contributed by atoms with Gasteiger partial charge in [-0.25, -0.2) is 0 Å². The number of hydrogen-bond donors (Lipinski definition) is 2. The van der Waals surface area contributed by atoms with E-state index >= 15 is 0 Å². The third-order valence-electron chi connectivity index (χ3n) is 7.31. The lowest BCUT2D eigenvalue weighted by atomic mass is 9.97. The van der Waals surface area contributed by atoms with E-state index < -0.39 is 6.04 Å². The van der Waals surface area contributed by atoms with Gasteiger partial charge < -0.3 is 15.5 Å². The van der Waals surface area contributed by atoms with Gasteiger partial charge in [0.15, 0.2) is 0 Å². The van der Waals surface area contributed by atoms with Crippen molar-refractivity contribution >= 4 is 29.1 Å². The number of rotatable bonds is 6. The van der Waals surface area contributed by atoms with Crippen molar-refractivity contribution in [2.45, 2.75) is 51.6 Å². The molecule has 1 aliphatic heterocycles. The van der Waals surface area contributed by atoms with Gasteiger partial charge in [0, 0.05) is 22.9 Å². The van der Waals surface area contributed by atoms with Gasteiger partial charge in [-0.3, -0.25) is 14.4 Å². The zero-order valence-corrected chi connectivity index (χ0v) is 21.7.